The fraction of sp³-hybridized carbons (Fsp3) is 0.556. The summed E-state index contributed by atoms with van der Waals surface area (Å²) in [6.07, 6.45) is 0.0724. The second kappa shape index (κ2) is 7.72. The molecule has 2 rings (SSSR count). The first-order valence-corrected chi connectivity index (χ1v) is 8.56. The van der Waals surface area contributed by atoms with Crippen LogP contribution in [0.2, 0.25) is 0 Å². The van der Waals surface area contributed by atoms with Crippen LogP contribution < -0.4 is 4.90 Å². The summed E-state index contributed by atoms with van der Waals surface area (Å²) >= 11 is 0. The smallest absolute Gasteiger partial charge is 0.326 e. The molecular weight excluding hydrogens is 340 g/mol. The van der Waals surface area contributed by atoms with Gasteiger partial charge >= 0.3 is 11.9 Å². The Labute approximate surface area is 152 Å². The van der Waals surface area contributed by atoms with Gasteiger partial charge in [0.05, 0.1) is 22.7 Å². The van der Waals surface area contributed by atoms with Gasteiger partial charge in [-0.1, -0.05) is 13.0 Å². The lowest BCUT2D eigenvalue weighted by molar-refractivity contribution is -0.386. The summed E-state index contributed by atoms with van der Waals surface area (Å²) < 4.78 is 10.8. The SMILES string of the molecule is CCCC(=O)OC1CN(CC(=O)OC(C)(C)C)c2cccc([N+](=O)[O-])c21. The van der Waals surface area contributed by atoms with Crippen molar-refractivity contribution in [1.29, 1.82) is 0 Å². The first-order valence-electron chi connectivity index (χ1n) is 8.56. The topological polar surface area (TPSA) is 99.0 Å². The Bertz CT molecular complexity index is 710. The third-order valence-electron chi connectivity index (χ3n) is 3.77. The zero-order chi connectivity index (χ0) is 19.5. The minimum Gasteiger partial charge on any atom is -0.459 e. The number of nitro groups is 1. The molecule has 0 aromatic heterocycles. The van der Waals surface area contributed by atoms with Crippen LogP contribution in [0.1, 0.15) is 52.2 Å². The molecule has 1 aromatic carbocycles. The summed E-state index contributed by atoms with van der Waals surface area (Å²) in [4.78, 5) is 36.6. The minimum atomic E-state index is -0.784. The van der Waals surface area contributed by atoms with Crippen molar-refractivity contribution >= 4 is 23.3 Å². The molecule has 1 aliphatic heterocycles. The normalized spacial score (nSPS) is 16.2. The number of hydrogen-bond acceptors (Lipinski definition) is 7. The van der Waals surface area contributed by atoms with Crippen LogP contribution in [0.3, 0.4) is 0 Å². The van der Waals surface area contributed by atoms with E-state index in [9.17, 15) is 19.7 Å². The molecule has 0 amide bonds. The van der Waals surface area contributed by atoms with Crippen LogP contribution in [0, 0.1) is 10.1 Å². The maximum atomic E-state index is 12.2. The summed E-state index contributed by atoms with van der Waals surface area (Å²) in [5.74, 6) is -0.865. The zero-order valence-electron chi connectivity index (χ0n) is 15.5. The van der Waals surface area contributed by atoms with Crippen molar-refractivity contribution in [3.05, 3.63) is 33.9 Å². The van der Waals surface area contributed by atoms with Crippen molar-refractivity contribution in [2.75, 3.05) is 18.0 Å². The summed E-state index contributed by atoms with van der Waals surface area (Å²) in [5, 5.41) is 11.4. The van der Waals surface area contributed by atoms with E-state index < -0.39 is 28.6 Å². The highest BCUT2D eigenvalue weighted by Crippen LogP contribution is 2.42. The molecule has 0 aliphatic carbocycles. The highest BCUT2D eigenvalue weighted by Gasteiger charge is 2.38. The summed E-state index contributed by atoms with van der Waals surface area (Å²) in [7, 11) is 0. The van der Waals surface area contributed by atoms with E-state index in [-0.39, 0.29) is 25.2 Å². The second-order valence-electron chi connectivity index (χ2n) is 7.16. The van der Waals surface area contributed by atoms with Gasteiger partial charge in [-0.2, -0.15) is 0 Å². The van der Waals surface area contributed by atoms with E-state index in [0.717, 1.165) is 0 Å². The van der Waals surface area contributed by atoms with Crippen LogP contribution >= 0.6 is 0 Å². The van der Waals surface area contributed by atoms with Crippen molar-refractivity contribution in [2.45, 2.75) is 52.2 Å². The Kier molecular flexibility index (Phi) is 5.84. The summed E-state index contributed by atoms with van der Waals surface area (Å²) in [6.45, 7) is 7.25. The van der Waals surface area contributed by atoms with E-state index in [4.69, 9.17) is 9.47 Å². The quantitative estimate of drug-likeness (QED) is 0.434. The van der Waals surface area contributed by atoms with Gasteiger partial charge in [-0.05, 0) is 33.3 Å². The molecule has 0 fully saturated rings. The fourth-order valence-corrected chi connectivity index (χ4v) is 2.89. The first-order chi connectivity index (χ1) is 12.1. The molecule has 0 N–H and O–H groups in total. The van der Waals surface area contributed by atoms with Crippen LogP contribution in [-0.4, -0.2) is 35.6 Å². The van der Waals surface area contributed by atoms with E-state index in [1.165, 1.54) is 6.07 Å². The van der Waals surface area contributed by atoms with E-state index in [1.54, 1.807) is 37.8 Å². The number of nitro benzene ring substituents is 1. The lowest BCUT2D eigenvalue weighted by Crippen LogP contribution is -2.34. The molecule has 26 heavy (non-hydrogen) atoms. The van der Waals surface area contributed by atoms with Crippen LogP contribution in [0.15, 0.2) is 18.2 Å². The average Bonchev–Trinajstić information content (AvgIpc) is 2.83. The van der Waals surface area contributed by atoms with Gasteiger partial charge in [0.2, 0.25) is 0 Å². The molecule has 1 heterocycles. The molecule has 1 aromatic rings. The molecule has 0 saturated carbocycles. The Balaban J connectivity index is 2.29. The van der Waals surface area contributed by atoms with E-state index in [2.05, 4.69) is 0 Å². The van der Waals surface area contributed by atoms with Crippen molar-refractivity contribution in [2.24, 2.45) is 0 Å². The molecule has 8 heteroatoms. The van der Waals surface area contributed by atoms with Crippen molar-refractivity contribution < 1.29 is 24.0 Å². The van der Waals surface area contributed by atoms with Gasteiger partial charge in [0.15, 0.2) is 6.10 Å². The third kappa shape index (κ3) is 4.71. The van der Waals surface area contributed by atoms with Crippen LogP contribution in [-0.2, 0) is 19.1 Å². The molecule has 0 radical (unpaired) electrons. The zero-order valence-corrected chi connectivity index (χ0v) is 15.5. The Morgan fingerprint density at radius 1 is 1.31 bits per heavy atom. The monoisotopic (exact) mass is 364 g/mol. The van der Waals surface area contributed by atoms with Gasteiger partial charge in [0, 0.05) is 12.5 Å². The van der Waals surface area contributed by atoms with Gasteiger partial charge in [-0.3, -0.25) is 19.7 Å². The van der Waals surface area contributed by atoms with Crippen molar-refractivity contribution in [3.8, 4) is 0 Å². The molecule has 8 nitrogen and oxygen atoms in total. The number of anilines is 1. The van der Waals surface area contributed by atoms with Gasteiger partial charge < -0.3 is 14.4 Å². The molecule has 142 valence electrons. The van der Waals surface area contributed by atoms with Gasteiger partial charge in [0.25, 0.3) is 5.69 Å². The Morgan fingerprint density at radius 2 is 2.00 bits per heavy atom. The highest BCUT2D eigenvalue weighted by atomic mass is 16.6. The lowest BCUT2D eigenvalue weighted by Gasteiger charge is -2.23. The van der Waals surface area contributed by atoms with Crippen LogP contribution in [0.25, 0.3) is 0 Å². The van der Waals surface area contributed by atoms with Crippen molar-refractivity contribution in [3.63, 3.8) is 0 Å². The fourth-order valence-electron chi connectivity index (χ4n) is 2.89. The van der Waals surface area contributed by atoms with Crippen LogP contribution in [0.5, 0.6) is 0 Å². The van der Waals surface area contributed by atoms with Gasteiger partial charge in [0.1, 0.15) is 12.1 Å². The van der Waals surface area contributed by atoms with Gasteiger partial charge in [-0.25, -0.2) is 0 Å². The number of nitrogens with zero attached hydrogens (tertiary/aromatic N) is 2. The molecule has 1 aliphatic rings. The maximum Gasteiger partial charge on any atom is 0.326 e. The molecule has 0 saturated heterocycles. The molecule has 0 bridgehead atoms. The lowest BCUT2D eigenvalue weighted by atomic mass is 10.1. The standard InChI is InChI=1S/C18H24N2O6/c1-5-7-15(21)25-14-10-19(11-16(22)26-18(2,3)4)12-8-6-9-13(17(12)14)20(23)24/h6,8-9,14H,5,7,10-11H2,1-4H3. The number of hydrogen-bond donors (Lipinski definition) is 0. The third-order valence-corrected chi connectivity index (χ3v) is 3.77. The van der Waals surface area contributed by atoms with E-state index in [0.29, 0.717) is 17.7 Å². The van der Waals surface area contributed by atoms with Crippen LogP contribution in [0.4, 0.5) is 11.4 Å². The average molecular weight is 364 g/mol. The number of rotatable bonds is 6. The minimum absolute atomic E-state index is 0.0761. The number of benzene rings is 1. The highest BCUT2D eigenvalue weighted by molar-refractivity contribution is 5.80. The van der Waals surface area contributed by atoms with Gasteiger partial charge in [-0.15, -0.1) is 0 Å². The van der Waals surface area contributed by atoms with E-state index >= 15 is 0 Å². The van der Waals surface area contributed by atoms with E-state index in [1.807, 2.05) is 6.92 Å². The molecule has 1 atom stereocenters. The predicted molar refractivity (Wildman–Crippen MR) is 94.9 cm³/mol. The largest absolute Gasteiger partial charge is 0.459 e. The number of esters is 2. The second-order valence-corrected chi connectivity index (χ2v) is 7.16. The summed E-state index contributed by atoms with van der Waals surface area (Å²) in [6, 6.07) is 4.60. The Morgan fingerprint density at radius 3 is 2.58 bits per heavy atom. The summed E-state index contributed by atoms with van der Waals surface area (Å²) in [5.41, 5.74) is 0.0864. The number of fused-ring (bicyclic) bond motifs is 1. The Hall–Kier alpha value is -2.64. The molecule has 0 spiro atoms. The predicted octanol–water partition coefficient (Wildman–Crippen LogP) is 3.14. The molecular formula is C18H24N2O6. The number of ether oxygens (including phenoxy) is 2. The first kappa shape index (κ1) is 19.7. The molecule has 1 unspecified atom stereocenters. The number of carbonyl (C=O) groups is 2. The number of carbonyl (C=O) groups excluding carboxylic acids is 2. The maximum absolute atomic E-state index is 12.2. The van der Waals surface area contributed by atoms with Crippen molar-refractivity contribution in [1.82, 2.24) is 0 Å².